The summed E-state index contributed by atoms with van der Waals surface area (Å²) in [5.41, 5.74) is 0.910. The summed E-state index contributed by atoms with van der Waals surface area (Å²) in [5.74, 6) is 1.51. The molecule has 1 aliphatic rings. The minimum atomic E-state index is -0.257. The van der Waals surface area contributed by atoms with E-state index in [1.165, 1.54) is 11.8 Å². The van der Waals surface area contributed by atoms with E-state index in [9.17, 15) is 4.79 Å². The van der Waals surface area contributed by atoms with Gasteiger partial charge in [0.25, 0.3) is 0 Å². The lowest BCUT2D eigenvalue weighted by Gasteiger charge is -2.14. The van der Waals surface area contributed by atoms with Gasteiger partial charge in [-0.05, 0) is 32.8 Å². The van der Waals surface area contributed by atoms with Crippen molar-refractivity contribution in [1.82, 2.24) is 20.1 Å². The van der Waals surface area contributed by atoms with Gasteiger partial charge in [0.15, 0.2) is 11.0 Å². The molecule has 3 rings (SSSR count). The molecule has 1 amide bonds. The molecule has 0 spiro atoms. The average Bonchev–Trinajstić information content (AvgIpc) is 3.29. The van der Waals surface area contributed by atoms with Gasteiger partial charge in [-0.3, -0.25) is 4.79 Å². The number of amides is 1. The van der Waals surface area contributed by atoms with E-state index >= 15 is 0 Å². The second-order valence-electron chi connectivity index (χ2n) is 5.90. The highest BCUT2D eigenvalue weighted by Gasteiger charge is 2.22. The number of ether oxygens (including phenoxy) is 1. The molecule has 1 N–H and O–H groups in total. The zero-order chi connectivity index (χ0) is 17.1. The van der Waals surface area contributed by atoms with Gasteiger partial charge in [-0.15, -0.1) is 10.2 Å². The smallest absolute Gasteiger partial charge is 0.233 e. The number of rotatable bonds is 6. The van der Waals surface area contributed by atoms with Crippen LogP contribution in [0.1, 0.15) is 25.5 Å². The maximum Gasteiger partial charge on any atom is 0.233 e. The van der Waals surface area contributed by atoms with Crippen LogP contribution < -0.4 is 5.32 Å². The summed E-state index contributed by atoms with van der Waals surface area (Å²) in [6.45, 7) is 5.12. The fraction of sp³-hybridized carbons (Fsp3) is 0.562. The molecule has 1 fully saturated rings. The van der Waals surface area contributed by atoms with E-state index in [0.717, 1.165) is 36.6 Å². The number of aryl methyl sites for hydroxylation is 1. The fourth-order valence-electron chi connectivity index (χ4n) is 2.64. The van der Waals surface area contributed by atoms with Gasteiger partial charge in [-0.25, -0.2) is 0 Å². The van der Waals surface area contributed by atoms with Crippen LogP contribution in [-0.4, -0.2) is 45.2 Å². The van der Waals surface area contributed by atoms with Crippen LogP contribution in [0.4, 0.5) is 0 Å². The number of nitrogens with zero attached hydrogens (tertiary/aromatic N) is 3. The Morgan fingerprint density at radius 2 is 2.38 bits per heavy atom. The molecule has 2 aromatic rings. The first-order valence-corrected chi connectivity index (χ1v) is 8.94. The maximum atomic E-state index is 12.2. The van der Waals surface area contributed by atoms with E-state index in [1.807, 2.05) is 31.5 Å². The molecule has 1 aliphatic heterocycles. The highest BCUT2D eigenvalue weighted by molar-refractivity contribution is 8.00. The van der Waals surface area contributed by atoms with Gasteiger partial charge in [0.1, 0.15) is 5.76 Å². The molecule has 8 heteroatoms. The monoisotopic (exact) mass is 350 g/mol. The number of thioether (sulfide) groups is 1. The van der Waals surface area contributed by atoms with E-state index in [2.05, 4.69) is 15.5 Å². The summed E-state index contributed by atoms with van der Waals surface area (Å²) in [5, 5.41) is 11.8. The number of furan rings is 1. The van der Waals surface area contributed by atoms with Crippen molar-refractivity contribution in [2.45, 2.75) is 43.2 Å². The highest BCUT2D eigenvalue weighted by Crippen LogP contribution is 2.27. The Morgan fingerprint density at radius 1 is 1.54 bits per heavy atom. The second kappa shape index (κ2) is 7.40. The molecule has 130 valence electrons. The lowest BCUT2D eigenvalue weighted by atomic mass is 10.2. The summed E-state index contributed by atoms with van der Waals surface area (Å²) >= 11 is 1.39. The third kappa shape index (κ3) is 3.64. The molecule has 1 saturated heterocycles. The Kier molecular flexibility index (Phi) is 5.25. The van der Waals surface area contributed by atoms with Crippen molar-refractivity contribution in [1.29, 1.82) is 0 Å². The van der Waals surface area contributed by atoms with Crippen LogP contribution in [0.3, 0.4) is 0 Å². The predicted molar refractivity (Wildman–Crippen MR) is 90.7 cm³/mol. The van der Waals surface area contributed by atoms with Gasteiger partial charge in [0.05, 0.1) is 23.2 Å². The number of nitrogens with one attached hydrogen (secondary N) is 1. The normalized spacial score (nSPS) is 18.7. The minimum absolute atomic E-state index is 0.0143. The Bertz CT molecular complexity index is 706. The summed E-state index contributed by atoms with van der Waals surface area (Å²) < 4.78 is 12.7. The molecular weight excluding hydrogens is 328 g/mol. The third-order valence-electron chi connectivity index (χ3n) is 4.11. The molecule has 0 bridgehead atoms. The number of hydrogen-bond acceptors (Lipinski definition) is 6. The largest absolute Gasteiger partial charge is 0.469 e. The maximum absolute atomic E-state index is 12.2. The van der Waals surface area contributed by atoms with E-state index < -0.39 is 0 Å². The minimum Gasteiger partial charge on any atom is -0.469 e. The quantitative estimate of drug-likeness (QED) is 0.804. The van der Waals surface area contributed by atoms with E-state index in [0.29, 0.717) is 11.7 Å². The SMILES string of the molecule is Cc1occc1-c1nnc(S[C@H](C)C(=O)NC[C@@H]2CCCO2)n1C. The van der Waals surface area contributed by atoms with E-state index in [-0.39, 0.29) is 17.3 Å². The van der Waals surface area contributed by atoms with Crippen LogP contribution in [0.2, 0.25) is 0 Å². The van der Waals surface area contributed by atoms with Crippen LogP contribution in [0, 0.1) is 6.92 Å². The van der Waals surface area contributed by atoms with Crippen molar-refractivity contribution in [3.63, 3.8) is 0 Å². The Hall–Kier alpha value is -1.80. The van der Waals surface area contributed by atoms with Gasteiger partial charge in [0, 0.05) is 20.2 Å². The number of hydrogen-bond donors (Lipinski definition) is 1. The van der Waals surface area contributed by atoms with Gasteiger partial charge >= 0.3 is 0 Å². The molecule has 2 aromatic heterocycles. The van der Waals surface area contributed by atoms with Gasteiger partial charge in [-0.2, -0.15) is 0 Å². The summed E-state index contributed by atoms with van der Waals surface area (Å²) in [4.78, 5) is 12.2. The topological polar surface area (TPSA) is 82.2 Å². The zero-order valence-electron chi connectivity index (χ0n) is 14.1. The Labute approximate surface area is 145 Å². The lowest BCUT2D eigenvalue weighted by Crippen LogP contribution is -2.36. The van der Waals surface area contributed by atoms with Crippen LogP contribution in [0.15, 0.2) is 21.9 Å². The summed E-state index contributed by atoms with van der Waals surface area (Å²) in [6.07, 6.45) is 3.86. The first-order chi connectivity index (χ1) is 11.6. The number of carbonyl (C=O) groups is 1. The second-order valence-corrected chi connectivity index (χ2v) is 7.20. The Balaban J connectivity index is 1.60. The van der Waals surface area contributed by atoms with Gasteiger partial charge < -0.3 is 19.0 Å². The number of aromatic nitrogens is 3. The van der Waals surface area contributed by atoms with E-state index in [1.54, 1.807) is 6.26 Å². The van der Waals surface area contributed by atoms with E-state index in [4.69, 9.17) is 9.15 Å². The molecule has 0 radical (unpaired) electrons. The molecule has 2 atom stereocenters. The predicted octanol–water partition coefficient (Wildman–Crippen LogP) is 2.16. The highest BCUT2D eigenvalue weighted by atomic mass is 32.2. The zero-order valence-corrected chi connectivity index (χ0v) is 14.9. The summed E-state index contributed by atoms with van der Waals surface area (Å²) in [7, 11) is 1.89. The summed E-state index contributed by atoms with van der Waals surface area (Å²) in [6, 6.07) is 1.87. The molecule has 7 nitrogen and oxygen atoms in total. The fourth-order valence-corrected chi connectivity index (χ4v) is 3.48. The molecule has 0 aliphatic carbocycles. The lowest BCUT2D eigenvalue weighted by molar-refractivity contribution is -0.120. The molecule has 0 aromatic carbocycles. The van der Waals surface area contributed by atoms with Gasteiger partial charge in [0.2, 0.25) is 5.91 Å². The van der Waals surface area contributed by atoms with Crippen molar-refractivity contribution < 1.29 is 13.9 Å². The molecule has 24 heavy (non-hydrogen) atoms. The van der Waals surface area contributed by atoms with Crippen LogP contribution >= 0.6 is 11.8 Å². The Morgan fingerprint density at radius 3 is 3.04 bits per heavy atom. The molecular formula is C16H22N4O3S. The average molecular weight is 350 g/mol. The van der Waals surface area contributed by atoms with Crippen molar-refractivity contribution in [2.75, 3.05) is 13.2 Å². The first-order valence-electron chi connectivity index (χ1n) is 8.06. The molecule has 0 unspecified atom stereocenters. The van der Waals surface area contributed by atoms with Crippen molar-refractivity contribution in [2.24, 2.45) is 7.05 Å². The standard InChI is InChI=1S/C16H22N4O3S/c1-10-13(6-8-22-10)14-18-19-16(20(14)3)24-11(2)15(21)17-9-12-5-4-7-23-12/h6,8,11-12H,4-5,7,9H2,1-3H3,(H,17,21)/t11-,12+/m1/s1. The van der Waals surface area contributed by atoms with Gasteiger partial charge in [-0.1, -0.05) is 11.8 Å². The van der Waals surface area contributed by atoms with Crippen molar-refractivity contribution >= 4 is 17.7 Å². The van der Waals surface area contributed by atoms with Crippen molar-refractivity contribution in [3.05, 3.63) is 18.1 Å². The molecule has 3 heterocycles. The van der Waals surface area contributed by atoms with Crippen molar-refractivity contribution in [3.8, 4) is 11.4 Å². The van der Waals surface area contributed by atoms with Crippen LogP contribution in [0.25, 0.3) is 11.4 Å². The third-order valence-corrected chi connectivity index (χ3v) is 5.25. The molecule has 0 saturated carbocycles. The number of carbonyl (C=O) groups excluding carboxylic acids is 1. The van der Waals surface area contributed by atoms with Crippen LogP contribution in [0.5, 0.6) is 0 Å². The first kappa shape index (κ1) is 17.0. The van der Waals surface area contributed by atoms with Crippen LogP contribution in [-0.2, 0) is 16.6 Å².